The van der Waals surface area contributed by atoms with Crippen molar-refractivity contribution in [1.29, 1.82) is 0 Å². The van der Waals surface area contributed by atoms with Crippen LogP contribution in [0.3, 0.4) is 0 Å². The molecule has 28 heavy (non-hydrogen) atoms. The molecule has 1 saturated carbocycles. The number of halogens is 1. The first kappa shape index (κ1) is 18.5. The van der Waals surface area contributed by atoms with E-state index in [2.05, 4.69) is 25.4 Å². The largest absolute Gasteiger partial charge is 0.377 e. The minimum Gasteiger partial charge on any atom is -0.377 e. The molecule has 3 aromatic rings. The van der Waals surface area contributed by atoms with Crippen molar-refractivity contribution in [2.45, 2.75) is 38.0 Å². The summed E-state index contributed by atoms with van der Waals surface area (Å²) in [5.74, 6) is 1.72. The lowest BCUT2D eigenvalue weighted by molar-refractivity contribution is 0.177. The van der Waals surface area contributed by atoms with Crippen LogP contribution in [-0.4, -0.2) is 33.3 Å². The molecule has 1 fully saturated rings. The molecule has 0 bridgehead atoms. The molecule has 1 aromatic carbocycles. The first-order valence-corrected chi connectivity index (χ1v) is 9.06. The summed E-state index contributed by atoms with van der Waals surface area (Å²) in [6.45, 7) is 0.577. The Balaban J connectivity index is 1.48. The maximum absolute atomic E-state index is 13.9. The van der Waals surface area contributed by atoms with Gasteiger partial charge in [-0.25, -0.2) is 14.4 Å². The Labute approximate surface area is 161 Å². The van der Waals surface area contributed by atoms with Crippen LogP contribution in [0.5, 0.6) is 0 Å². The molecule has 146 valence electrons. The van der Waals surface area contributed by atoms with Crippen LogP contribution >= 0.6 is 0 Å². The summed E-state index contributed by atoms with van der Waals surface area (Å²) in [5, 5.41) is 7.02. The second kappa shape index (κ2) is 7.99. The van der Waals surface area contributed by atoms with Gasteiger partial charge in [0.05, 0.1) is 12.1 Å². The number of aromatic nitrogens is 4. The average molecular weight is 384 g/mol. The Morgan fingerprint density at radius 2 is 2.07 bits per heavy atom. The summed E-state index contributed by atoms with van der Waals surface area (Å²) in [6, 6.07) is 8.44. The number of nitrogens with one attached hydrogen (secondary N) is 1. The van der Waals surface area contributed by atoms with Crippen molar-refractivity contribution in [2.75, 3.05) is 12.4 Å². The molecule has 0 aliphatic heterocycles. The van der Waals surface area contributed by atoms with Gasteiger partial charge < -0.3 is 20.3 Å². The standard InChI is InChI=1S/C19H21FN6O2/c1-27-10-17-23-15(11-6-12(21)7-11)8-16(24-17)22-9-18-25-19(26-28-18)13-4-2-3-5-14(13)20/h2-5,8,11-12H,6-7,9-10,21H2,1H3,(H,22,23,24). The summed E-state index contributed by atoms with van der Waals surface area (Å²) in [7, 11) is 1.60. The number of nitrogens with two attached hydrogens (primary N) is 1. The zero-order valence-electron chi connectivity index (χ0n) is 15.4. The minimum absolute atomic E-state index is 0.210. The molecule has 0 spiro atoms. The number of nitrogens with zero attached hydrogens (tertiary/aromatic N) is 4. The third-order valence-electron chi connectivity index (χ3n) is 4.66. The molecule has 0 unspecified atom stereocenters. The Morgan fingerprint density at radius 1 is 1.25 bits per heavy atom. The van der Waals surface area contributed by atoms with Crippen molar-refractivity contribution in [3.63, 3.8) is 0 Å². The molecular weight excluding hydrogens is 363 g/mol. The molecule has 0 amide bonds. The van der Waals surface area contributed by atoms with Crippen LogP contribution in [0.25, 0.3) is 11.4 Å². The predicted octanol–water partition coefficient (Wildman–Crippen LogP) is 2.63. The summed E-state index contributed by atoms with van der Waals surface area (Å²) in [5.41, 5.74) is 7.14. The van der Waals surface area contributed by atoms with Crippen molar-refractivity contribution in [3.8, 4) is 11.4 Å². The zero-order chi connectivity index (χ0) is 19.5. The monoisotopic (exact) mass is 384 g/mol. The summed E-state index contributed by atoms with van der Waals surface area (Å²) >= 11 is 0. The number of hydrogen-bond donors (Lipinski definition) is 2. The lowest BCUT2D eigenvalue weighted by atomic mass is 9.78. The van der Waals surface area contributed by atoms with Crippen LogP contribution in [-0.2, 0) is 17.9 Å². The molecule has 8 nitrogen and oxygen atoms in total. The maximum Gasteiger partial charge on any atom is 0.246 e. The second-order valence-electron chi connectivity index (χ2n) is 6.80. The number of ether oxygens (including phenoxy) is 1. The van der Waals surface area contributed by atoms with Gasteiger partial charge in [0.2, 0.25) is 11.7 Å². The quantitative estimate of drug-likeness (QED) is 0.639. The molecule has 3 N–H and O–H groups in total. The summed E-state index contributed by atoms with van der Waals surface area (Å²) in [6.07, 6.45) is 1.83. The van der Waals surface area contributed by atoms with E-state index < -0.39 is 5.82 Å². The van der Waals surface area contributed by atoms with Crippen molar-refractivity contribution < 1.29 is 13.7 Å². The number of anilines is 1. The molecule has 0 atom stereocenters. The molecule has 1 aliphatic rings. The van der Waals surface area contributed by atoms with Crippen LogP contribution < -0.4 is 11.1 Å². The highest BCUT2D eigenvalue weighted by atomic mass is 19.1. The van der Waals surface area contributed by atoms with Crippen molar-refractivity contribution >= 4 is 5.82 Å². The van der Waals surface area contributed by atoms with E-state index in [9.17, 15) is 4.39 Å². The van der Waals surface area contributed by atoms with Gasteiger partial charge in [0.1, 0.15) is 18.2 Å². The minimum atomic E-state index is -0.397. The maximum atomic E-state index is 13.9. The fourth-order valence-electron chi connectivity index (χ4n) is 3.16. The smallest absolute Gasteiger partial charge is 0.246 e. The SMILES string of the molecule is COCc1nc(NCc2nc(-c3ccccc3F)no2)cc(C2CC(N)C2)n1. The van der Waals surface area contributed by atoms with Crippen LogP contribution in [0.1, 0.15) is 36.2 Å². The zero-order valence-corrected chi connectivity index (χ0v) is 15.4. The molecule has 0 saturated heterocycles. The van der Waals surface area contributed by atoms with E-state index in [0.717, 1.165) is 18.5 Å². The highest BCUT2D eigenvalue weighted by Gasteiger charge is 2.29. The van der Waals surface area contributed by atoms with Crippen molar-refractivity contribution in [2.24, 2.45) is 5.73 Å². The molecule has 2 aromatic heterocycles. The van der Waals surface area contributed by atoms with Crippen molar-refractivity contribution in [1.82, 2.24) is 20.1 Å². The van der Waals surface area contributed by atoms with E-state index >= 15 is 0 Å². The average Bonchev–Trinajstić information content (AvgIpc) is 3.13. The van der Waals surface area contributed by atoms with Gasteiger partial charge in [0.25, 0.3) is 0 Å². The normalized spacial score (nSPS) is 18.7. The first-order valence-electron chi connectivity index (χ1n) is 9.06. The van der Waals surface area contributed by atoms with Gasteiger partial charge in [-0.15, -0.1) is 0 Å². The van der Waals surface area contributed by atoms with Gasteiger partial charge in [-0.1, -0.05) is 17.3 Å². The Hall–Kier alpha value is -2.91. The van der Waals surface area contributed by atoms with Crippen LogP contribution in [0.4, 0.5) is 10.2 Å². The van der Waals surface area contributed by atoms with Crippen LogP contribution in [0.2, 0.25) is 0 Å². The third kappa shape index (κ3) is 4.00. The Bertz CT molecular complexity index is 957. The predicted molar refractivity (Wildman–Crippen MR) is 99.7 cm³/mol. The number of benzene rings is 1. The van der Waals surface area contributed by atoms with Gasteiger partial charge in [0, 0.05) is 30.8 Å². The van der Waals surface area contributed by atoms with Gasteiger partial charge in [-0.3, -0.25) is 0 Å². The fraction of sp³-hybridized carbons (Fsp3) is 0.368. The first-order chi connectivity index (χ1) is 13.6. The lowest BCUT2D eigenvalue weighted by Gasteiger charge is -2.32. The van der Waals surface area contributed by atoms with Gasteiger partial charge in [-0.05, 0) is 25.0 Å². The lowest BCUT2D eigenvalue weighted by Crippen LogP contribution is -2.35. The molecule has 2 heterocycles. The topological polar surface area (TPSA) is 112 Å². The van der Waals surface area contributed by atoms with Crippen molar-refractivity contribution in [3.05, 3.63) is 53.6 Å². The molecule has 0 radical (unpaired) electrons. The Morgan fingerprint density at radius 3 is 2.82 bits per heavy atom. The summed E-state index contributed by atoms with van der Waals surface area (Å²) < 4.78 is 24.2. The van der Waals surface area contributed by atoms with Crippen LogP contribution in [0.15, 0.2) is 34.9 Å². The van der Waals surface area contributed by atoms with Gasteiger partial charge in [-0.2, -0.15) is 4.98 Å². The molecule has 4 rings (SSSR count). The number of methoxy groups -OCH3 is 1. The van der Waals surface area contributed by atoms with E-state index in [1.165, 1.54) is 6.07 Å². The van der Waals surface area contributed by atoms with Gasteiger partial charge in [0.15, 0.2) is 5.82 Å². The molecule has 9 heteroatoms. The highest BCUT2D eigenvalue weighted by molar-refractivity contribution is 5.54. The summed E-state index contributed by atoms with van der Waals surface area (Å²) in [4.78, 5) is 13.3. The van der Waals surface area contributed by atoms with Crippen LogP contribution in [0, 0.1) is 5.82 Å². The Kier molecular flexibility index (Phi) is 5.27. The fourth-order valence-corrected chi connectivity index (χ4v) is 3.16. The van der Waals surface area contributed by atoms with E-state index in [0.29, 0.717) is 35.6 Å². The van der Waals surface area contributed by atoms with E-state index in [1.807, 2.05) is 6.07 Å². The second-order valence-corrected chi connectivity index (χ2v) is 6.80. The molecule has 1 aliphatic carbocycles. The highest BCUT2D eigenvalue weighted by Crippen LogP contribution is 2.35. The van der Waals surface area contributed by atoms with E-state index in [-0.39, 0.29) is 18.4 Å². The van der Waals surface area contributed by atoms with E-state index in [4.69, 9.17) is 15.0 Å². The third-order valence-corrected chi connectivity index (χ3v) is 4.66. The molecular formula is C19H21FN6O2. The van der Waals surface area contributed by atoms with Gasteiger partial charge >= 0.3 is 0 Å². The van der Waals surface area contributed by atoms with E-state index in [1.54, 1.807) is 25.3 Å². The number of rotatable bonds is 7. The number of hydrogen-bond acceptors (Lipinski definition) is 8.